The molecule has 3 heterocycles. The normalized spacial score (nSPS) is 13.8. The van der Waals surface area contributed by atoms with Gasteiger partial charge in [-0.1, -0.05) is 141 Å². The SMILES string of the molecule is [2H]C([2H])([2H])c1cc(-n2c3[c-]c(Oc4[c-]c(N5[CH-]N(c6cc(C(C)(C)C)cc(C(C)(C)C)c6)c6ccccc65)ccc4)ccc3c3c(-c4ccccc4F)cccc32)ncc1-c1ccc(C(C)(C)C)cc1.[Pt]. The number of aromatic nitrogens is 2. The summed E-state index contributed by atoms with van der Waals surface area (Å²) in [5, 5.41) is 1.54. The summed E-state index contributed by atoms with van der Waals surface area (Å²) in [6.45, 7) is 19.6. The maximum Gasteiger partial charge on any atom is 0.135 e. The Morgan fingerprint density at radius 2 is 1.24 bits per heavy atom. The standard InChI is InChI=1S/C61H56FN4O.Pt/c1-39-31-57(63-37-51(39)40-25-27-41(28-26-40)59(2,3)4)66-55-24-16-20-49(48-19-11-12-21-52(48)62)58(55)50-30-29-47(36-56(50)66)67-46-18-15-17-44(35-46)64-38-65(54-23-14-13-22-53(54)64)45-33-42(60(5,6)7)32-43(34-45)61(8,9)10;/h11-34,37-38H,1-10H3;/q-3;/i1D3;. The van der Waals surface area contributed by atoms with Crippen molar-refractivity contribution in [3.8, 4) is 39.6 Å². The molecule has 2 aromatic heterocycles. The minimum absolute atomic E-state index is 0. The second-order valence-electron chi connectivity index (χ2n) is 20.6. The van der Waals surface area contributed by atoms with E-state index in [1.54, 1.807) is 24.4 Å². The molecule has 5 nitrogen and oxygen atoms in total. The first-order valence-electron chi connectivity index (χ1n) is 24.4. The van der Waals surface area contributed by atoms with Gasteiger partial charge in [-0.25, -0.2) is 9.37 Å². The number of halogens is 1. The minimum Gasteiger partial charge on any atom is -0.509 e. The Hall–Kier alpha value is -6.49. The van der Waals surface area contributed by atoms with E-state index >= 15 is 4.39 Å². The van der Waals surface area contributed by atoms with Crippen molar-refractivity contribution in [3.05, 3.63) is 199 Å². The predicted octanol–water partition coefficient (Wildman–Crippen LogP) is 16.7. The molecule has 0 unspecified atom stereocenters. The molecule has 346 valence electrons. The fraction of sp³-hybridized carbons (Fsp3) is 0.213. The number of pyridine rings is 1. The monoisotopic (exact) mass is 1080 g/mol. The van der Waals surface area contributed by atoms with Crippen LogP contribution in [0.5, 0.6) is 11.5 Å². The van der Waals surface area contributed by atoms with E-state index in [0.29, 0.717) is 45.0 Å². The van der Waals surface area contributed by atoms with E-state index in [2.05, 4.69) is 127 Å². The van der Waals surface area contributed by atoms with Gasteiger partial charge in [-0.15, -0.1) is 48.1 Å². The molecule has 0 bridgehead atoms. The molecule has 1 aliphatic heterocycles. The molecule has 1 aliphatic rings. The number of fused-ring (bicyclic) bond motifs is 4. The quantitative estimate of drug-likeness (QED) is 0.149. The van der Waals surface area contributed by atoms with Crippen molar-refractivity contribution < 1.29 is 34.3 Å². The zero-order valence-corrected chi connectivity index (χ0v) is 42.2. The van der Waals surface area contributed by atoms with Crippen molar-refractivity contribution in [3.63, 3.8) is 0 Å². The van der Waals surface area contributed by atoms with Crippen LogP contribution in [0.3, 0.4) is 0 Å². The Kier molecular flexibility index (Phi) is 11.1. The number of benzene rings is 7. The Bertz CT molecular complexity index is 3440. The third-order valence-corrected chi connectivity index (χ3v) is 12.8. The van der Waals surface area contributed by atoms with Crippen LogP contribution < -0.4 is 14.5 Å². The summed E-state index contributed by atoms with van der Waals surface area (Å²) in [7, 11) is 0. The maximum absolute atomic E-state index is 15.6. The van der Waals surface area contributed by atoms with Crippen LogP contribution in [0.4, 0.5) is 27.1 Å². The Morgan fingerprint density at radius 3 is 1.91 bits per heavy atom. The molecular formula is C61H56FN4OPt-3. The summed E-state index contributed by atoms with van der Waals surface area (Å²) in [4.78, 5) is 9.35. The molecule has 0 N–H and O–H groups in total. The molecule has 68 heavy (non-hydrogen) atoms. The van der Waals surface area contributed by atoms with E-state index in [1.807, 2.05) is 89.5 Å². The summed E-state index contributed by atoms with van der Waals surface area (Å²) in [5.74, 6) is 0.907. The van der Waals surface area contributed by atoms with E-state index < -0.39 is 6.85 Å². The third kappa shape index (κ3) is 8.64. The number of hydrogen-bond acceptors (Lipinski definition) is 4. The van der Waals surface area contributed by atoms with Crippen molar-refractivity contribution >= 4 is 44.6 Å². The van der Waals surface area contributed by atoms with Crippen molar-refractivity contribution in [1.82, 2.24) is 9.55 Å². The van der Waals surface area contributed by atoms with Crippen LogP contribution in [0.15, 0.2) is 152 Å². The maximum atomic E-state index is 15.6. The average molecular weight is 1080 g/mol. The van der Waals surface area contributed by atoms with Crippen molar-refractivity contribution in [2.75, 3.05) is 9.80 Å². The van der Waals surface area contributed by atoms with Crippen molar-refractivity contribution in [2.45, 2.75) is 85.4 Å². The fourth-order valence-electron chi connectivity index (χ4n) is 9.00. The Labute approximate surface area is 419 Å². The van der Waals surface area contributed by atoms with Gasteiger partial charge in [0, 0.05) is 76.6 Å². The van der Waals surface area contributed by atoms with Gasteiger partial charge < -0.3 is 19.1 Å². The number of nitrogens with zero attached hydrogens (tertiary/aromatic N) is 4. The van der Waals surface area contributed by atoms with Crippen LogP contribution in [0.1, 0.15) is 88.7 Å². The predicted molar refractivity (Wildman–Crippen MR) is 276 cm³/mol. The molecule has 0 amide bonds. The Balaban J connectivity index is 0.00000624. The van der Waals surface area contributed by atoms with Gasteiger partial charge in [0.1, 0.15) is 11.6 Å². The van der Waals surface area contributed by atoms with Gasteiger partial charge in [0.25, 0.3) is 0 Å². The van der Waals surface area contributed by atoms with Gasteiger partial charge in [0.15, 0.2) is 0 Å². The van der Waals surface area contributed by atoms with Crippen molar-refractivity contribution in [1.29, 1.82) is 0 Å². The first-order chi connectivity index (χ1) is 33.1. The van der Waals surface area contributed by atoms with Gasteiger partial charge in [0.05, 0.1) is 0 Å². The summed E-state index contributed by atoms with van der Waals surface area (Å²) in [5.41, 5.74) is 11.3. The van der Waals surface area contributed by atoms with Crippen LogP contribution in [-0.4, -0.2) is 9.55 Å². The van der Waals surface area contributed by atoms with Crippen molar-refractivity contribution in [2.24, 2.45) is 0 Å². The molecule has 0 radical (unpaired) electrons. The summed E-state index contributed by atoms with van der Waals surface area (Å²) in [6, 6.07) is 54.1. The number of aryl methyl sites for hydroxylation is 1. The summed E-state index contributed by atoms with van der Waals surface area (Å²) < 4.78 is 50.4. The van der Waals surface area contributed by atoms with Crippen LogP contribution in [0.2, 0.25) is 0 Å². The van der Waals surface area contributed by atoms with E-state index in [0.717, 1.165) is 44.6 Å². The smallest absolute Gasteiger partial charge is 0.135 e. The van der Waals surface area contributed by atoms with Crippen LogP contribution in [0, 0.1) is 31.5 Å². The van der Waals surface area contributed by atoms with E-state index in [9.17, 15) is 0 Å². The van der Waals surface area contributed by atoms with Gasteiger partial charge in [-0.3, -0.25) is 0 Å². The number of rotatable bonds is 7. The van der Waals surface area contributed by atoms with E-state index in [-0.39, 0.29) is 48.7 Å². The molecular weight excluding hydrogens is 1020 g/mol. The molecule has 0 saturated heterocycles. The number of para-hydroxylation sites is 2. The van der Waals surface area contributed by atoms with E-state index in [4.69, 9.17) is 13.8 Å². The summed E-state index contributed by atoms with van der Waals surface area (Å²) >= 11 is 0. The van der Waals surface area contributed by atoms with Crippen LogP contribution in [0.25, 0.3) is 49.9 Å². The number of ether oxygens (including phenoxy) is 1. The zero-order valence-electron chi connectivity index (χ0n) is 42.9. The molecule has 0 spiro atoms. The molecule has 9 aromatic rings. The number of anilines is 4. The zero-order chi connectivity index (χ0) is 49.5. The molecule has 10 rings (SSSR count). The molecule has 7 aromatic carbocycles. The Morgan fingerprint density at radius 1 is 0.603 bits per heavy atom. The largest absolute Gasteiger partial charge is 0.509 e. The fourth-order valence-corrected chi connectivity index (χ4v) is 9.00. The van der Waals surface area contributed by atoms with E-state index in [1.165, 1.54) is 17.2 Å². The first kappa shape index (κ1) is 42.8. The third-order valence-electron chi connectivity index (χ3n) is 12.8. The molecule has 7 heteroatoms. The van der Waals surface area contributed by atoms with Gasteiger partial charge in [-0.05, 0) is 104 Å². The molecule has 0 atom stereocenters. The van der Waals surface area contributed by atoms with Gasteiger partial charge >= 0.3 is 0 Å². The molecule has 0 aliphatic carbocycles. The average Bonchev–Trinajstić information content (AvgIpc) is 3.87. The minimum atomic E-state index is -2.47. The van der Waals surface area contributed by atoms with Gasteiger partial charge in [-0.2, -0.15) is 12.1 Å². The second-order valence-corrected chi connectivity index (χ2v) is 20.6. The van der Waals surface area contributed by atoms with Crippen LogP contribution in [-0.2, 0) is 37.3 Å². The first-order valence-corrected chi connectivity index (χ1v) is 22.9. The summed E-state index contributed by atoms with van der Waals surface area (Å²) in [6.07, 6.45) is 1.64. The van der Waals surface area contributed by atoms with Crippen LogP contribution >= 0.6 is 0 Å². The topological polar surface area (TPSA) is 33.5 Å². The number of hydrogen-bond donors (Lipinski definition) is 0. The molecule has 0 fully saturated rings. The second kappa shape index (κ2) is 17.5. The van der Waals surface area contributed by atoms with Gasteiger partial charge in [0.2, 0.25) is 0 Å². The molecule has 0 saturated carbocycles.